The van der Waals surface area contributed by atoms with Gasteiger partial charge in [-0.1, -0.05) is 12.1 Å². The van der Waals surface area contributed by atoms with Gasteiger partial charge >= 0.3 is 0 Å². The van der Waals surface area contributed by atoms with Crippen LogP contribution in [0.2, 0.25) is 0 Å². The first-order chi connectivity index (χ1) is 11.3. The number of fused-ring (bicyclic) bond motifs is 1. The van der Waals surface area contributed by atoms with Crippen molar-refractivity contribution in [3.8, 4) is 0 Å². The van der Waals surface area contributed by atoms with E-state index in [-0.39, 0.29) is 24.2 Å². The minimum Gasteiger partial charge on any atom is -0.246 e. The summed E-state index contributed by atoms with van der Waals surface area (Å²) >= 11 is 0. The van der Waals surface area contributed by atoms with Gasteiger partial charge in [-0.15, -0.1) is 5.10 Å². The minimum atomic E-state index is -4.09. The van der Waals surface area contributed by atoms with E-state index in [2.05, 4.69) is 10.1 Å². The highest BCUT2D eigenvalue weighted by Gasteiger charge is 2.51. The molecule has 1 saturated carbocycles. The number of benzene rings is 1. The van der Waals surface area contributed by atoms with Gasteiger partial charge in [-0.25, -0.2) is 30.7 Å². The Balaban J connectivity index is 1.78. The zero-order chi connectivity index (χ0) is 17.2. The molecule has 1 aromatic heterocycles. The number of halogens is 4. The SMILES string of the molecule is O=S(=O)(c1nc2n(n1)[C@H](c1cccc(F)c1F)C[C@@H]2F)[C@@H]1C[C@H]1F. The second kappa shape index (κ2) is 5.01. The molecule has 2 heterocycles. The van der Waals surface area contributed by atoms with Crippen LogP contribution in [0.3, 0.4) is 0 Å². The highest BCUT2D eigenvalue weighted by molar-refractivity contribution is 7.92. The molecule has 1 aliphatic carbocycles. The Morgan fingerprint density at radius 1 is 1.17 bits per heavy atom. The molecule has 0 amide bonds. The highest BCUT2D eigenvalue weighted by Crippen LogP contribution is 2.42. The van der Waals surface area contributed by atoms with Gasteiger partial charge in [0.15, 0.2) is 23.6 Å². The van der Waals surface area contributed by atoms with E-state index in [0.29, 0.717) is 0 Å². The van der Waals surface area contributed by atoms with E-state index < -0.39 is 50.3 Å². The van der Waals surface area contributed by atoms with Gasteiger partial charge in [0, 0.05) is 12.0 Å². The first-order valence-electron chi connectivity index (χ1n) is 7.23. The Kier molecular flexibility index (Phi) is 3.25. The van der Waals surface area contributed by atoms with Gasteiger partial charge in [0.1, 0.15) is 11.4 Å². The lowest BCUT2D eigenvalue weighted by molar-refractivity contribution is 0.324. The van der Waals surface area contributed by atoms with Crippen LogP contribution in [0.1, 0.15) is 36.4 Å². The Hall–Kier alpha value is -1.97. The van der Waals surface area contributed by atoms with Crippen molar-refractivity contribution in [1.82, 2.24) is 14.8 Å². The van der Waals surface area contributed by atoms with Crippen molar-refractivity contribution in [3.05, 3.63) is 41.2 Å². The van der Waals surface area contributed by atoms with Crippen LogP contribution < -0.4 is 0 Å². The van der Waals surface area contributed by atoms with E-state index in [9.17, 15) is 26.0 Å². The second-order valence-corrected chi connectivity index (χ2v) is 7.96. The summed E-state index contributed by atoms with van der Waals surface area (Å²) < 4.78 is 79.9. The van der Waals surface area contributed by atoms with Crippen molar-refractivity contribution in [2.75, 3.05) is 0 Å². The topological polar surface area (TPSA) is 64.8 Å². The van der Waals surface area contributed by atoms with Gasteiger partial charge in [0.05, 0.1) is 6.04 Å². The zero-order valence-corrected chi connectivity index (χ0v) is 12.9. The highest BCUT2D eigenvalue weighted by atomic mass is 32.2. The van der Waals surface area contributed by atoms with Crippen molar-refractivity contribution < 1.29 is 26.0 Å². The summed E-state index contributed by atoms with van der Waals surface area (Å²) in [4.78, 5) is 3.67. The third-order valence-electron chi connectivity index (χ3n) is 4.30. The predicted octanol–water partition coefficient (Wildman–Crippen LogP) is 2.44. The molecule has 5 nitrogen and oxygen atoms in total. The number of hydrogen-bond acceptors (Lipinski definition) is 4. The molecule has 24 heavy (non-hydrogen) atoms. The summed E-state index contributed by atoms with van der Waals surface area (Å²) in [6, 6.07) is 2.46. The van der Waals surface area contributed by atoms with Crippen LogP contribution in [0, 0.1) is 11.6 Å². The quantitative estimate of drug-likeness (QED) is 0.788. The molecule has 4 rings (SSSR count). The van der Waals surface area contributed by atoms with Crippen molar-refractivity contribution in [2.24, 2.45) is 0 Å². The van der Waals surface area contributed by atoms with Crippen LogP contribution in [0.4, 0.5) is 17.6 Å². The number of rotatable bonds is 3. The molecule has 10 heteroatoms. The van der Waals surface area contributed by atoms with E-state index in [0.717, 1.165) is 10.7 Å². The summed E-state index contributed by atoms with van der Waals surface area (Å²) in [6.45, 7) is 0. The maximum atomic E-state index is 14.2. The summed E-state index contributed by atoms with van der Waals surface area (Å²) in [5.41, 5.74) is -0.139. The Labute approximate surface area is 134 Å². The molecule has 1 aliphatic heterocycles. The molecule has 2 aromatic rings. The van der Waals surface area contributed by atoms with Gasteiger partial charge in [-0.2, -0.15) is 4.98 Å². The van der Waals surface area contributed by atoms with Gasteiger partial charge in [0.2, 0.25) is 9.84 Å². The molecule has 128 valence electrons. The lowest BCUT2D eigenvalue weighted by Crippen LogP contribution is -2.15. The number of sulfone groups is 1. The van der Waals surface area contributed by atoms with Crippen LogP contribution in [0.25, 0.3) is 0 Å². The van der Waals surface area contributed by atoms with E-state index >= 15 is 0 Å². The molecule has 0 spiro atoms. The van der Waals surface area contributed by atoms with E-state index in [1.807, 2.05) is 0 Å². The fraction of sp³-hybridized carbons (Fsp3) is 0.429. The normalized spacial score (nSPS) is 28.8. The van der Waals surface area contributed by atoms with E-state index in [1.54, 1.807) is 0 Å². The lowest BCUT2D eigenvalue weighted by Gasteiger charge is -2.13. The summed E-state index contributed by atoms with van der Waals surface area (Å²) in [7, 11) is -4.09. The van der Waals surface area contributed by atoms with E-state index in [4.69, 9.17) is 0 Å². The van der Waals surface area contributed by atoms with Gasteiger partial charge < -0.3 is 0 Å². The number of aromatic nitrogens is 3. The summed E-state index contributed by atoms with van der Waals surface area (Å²) in [6.07, 6.45) is -3.53. The third-order valence-corrected chi connectivity index (χ3v) is 6.26. The van der Waals surface area contributed by atoms with Crippen LogP contribution in [-0.2, 0) is 9.84 Å². The Morgan fingerprint density at radius 3 is 2.54 bits per heavy atom. The smallest absolute Gasteiger partial charge is 0.246 e. The standard InChI is InChI=1S/C14H11F4N3O2S/c15-7-3-1-2-6(12(7)18)10-4-9(17)13-19-14(20-21(10)13)24(22,23)11-5-8(11)16/h1-3,8-11H,4-5H2/t8-,9+,10+,11-/m1/s1. The predicted molar refractivity (Wildman–Crippen MR) is 73.5 cm³/mol. The molecular formula is C14H11F4N3O2S. The maximum Gasteiger partial charge on any atom is 0.267 e. The molecule has 2 aliphatic rings. The number of alkyl halides is 2. The van der Waals surface area contributed by atoms with Crippen molar-refractivity contribution in [3.63, 3.8) is 0 Å². The third kappa shape index (κ3) is 2.15. The average Bonchev–Trinajstić information content (AvgIpc) is 2.99. The fourth-order valence-electron chi connectivity index (χ4n) is 2.92. The first-order valence-corrected chi connectivity index (χ1v) is 8.77. The molecule has 4 atom stereocenters. The van der Waals surface area contributed by atoms with Crippen LogP contribution >= 0.6 is 0 Å². The maximum absolute atomic E-state index is 14.2. The van der Waals surface area contributed by atoms with Crippen molar-refractivity contribution in [1.29, 1.82) is 0 Å². The summed E-state index contributed by atoms with van der Waals surface area (Å²) in [5.74, 6) is -2.52. The van der Waals surface area contributed by atoms with Crippen LogP contribution in [0.15, 0.2) is 23.4 Å². The van der Waals surface area contributed by atoms with Crippen LogP contribution in [-0.4, -0.2) is 34.6 Å². The summed E-state index contributed by atoms with van der Waals surface area (Å²) in [5, 5.41) is 1.87. The lowest BCUT2D eigenvalue weighted by atomic mass is 10.0. The van der Waals surface area contributed by atoms with Gasteiger partial charge in [-0.3, -0.25) is 0 Å². The first kappa shape index (κ1) is 15.6. The largest absolute Gasteiger partial charge is 0.267 e. The van der Waals surface area contributed by atoms with Crippen molar-refractivity contribution in [2.45, 2.75) is 41.6 Å². The molecule has 0 unspecified atom stereocenters. The molecule has 1 aromatic carbocycles. The Morgan fingerprint density at radius 2 is 1.88 bits per heavy atom. The minimum absolute atomic E-state index is 0.139. The number of hydrogen-bond donors (Lipinski definition) is 0. The Bertz CT molecular complexity index is 930. The molecular weight excluding hydrogens is 350 g/mol. The van der Waals surface area contributed by atoms with Gasteiger partial charge in [0.25, 0.3) is 5.16 Å². The second-order valence-electron chi connectivity index (χ2n) is 5.89. The van der Waals surface area contributed by atoms with Crippen molar-refractivity contribution >= 4 is 9.84 Å². The number of nitrogens with zero attached hydrogens (tertiary/aromatic N) is 3. The zero-order valence-electron chi connectivity index (χ0n) is 12.0. The molecule has 1 fully saturated rings. The molecule has 0 bridgehead atoms. The monoisotopic (exact) mass is 361 g/mol. The molecule has 0 N–H and O–H groups in total. The van der Waals surface area contributed by atoms with Gasteiger partial charge in [-0.05, 0) is 12.5 Å². The molecule has 0 radical (unpaired) electrons. The fourth-order valence-corrected chi connectivity index (χ4v) is 4.44. The van der Waals surface area contributed by atoms with Crippen LogP contribution in [0.5, 0.6) is 0 Å². The molecule has 0 saturated heterocycles. The average molecular weight is 361 g/mol. The van der Waals surface area contributed by atoms with E-state index in [1.165, 1.54) is 12.1 Å².